The number of aromatic nitrogens is 2. The van der Waals surface area contributed by atoms with Crippen molar-refractivity contribution in [3.63, 3.8) is 0 Å². The Kier molecular flexibility index (Phi) is 6.03. The molecule has 29 heavy (non-hydrogen) atoms. The summed E-state index contributed by atoms with van der Waals surface area (Å²) in [5, 5.41) is 4.26. The maximum Gasteiger partial charge on any atom is 0.268 e. The van der Waals surface area contributed by atoms with Gasteiger partial charge in [-0.15, -0.1) is 0 Å². The monoisotopic (exact) mass is 418 g/mol. The van der Waals surface area contributed by atoms with Gasteiger partial charge in [-0.05, 0) is 51.7 Å². The van der Waals surface area contributed by atoms with Gasteiger partial charge in [-0.1, -0.05) is 24.6 Å². The second kappa shape index (κ2) is 8.18. The molecular weight excluding hydrogens is 388 g/mol. The molecule has 0 bridgehead atoms. The van der Waals surface area contributed by atoms with E-state index in [0.717, 1.165) is 18.4 Å². The average molecular weight is 419 g/mol. The summed E-state index contributed by atoms with van der Waals surface area (Å²) >= 11 is 0. The van der Waals surface area contributed by atoms with Gasteiger partial charge in [0.05, 0.1) is 17.1 Å². The Morgan fingerprint density at radius 2 is 1.72 bits per heavy atom. The van der Waals surface area contributed by atoms with Crippen LogP contribution in [0.15, 0.2) is 29.2 Å². The van der Waals surface area contributed by atoms with Crippen LogP contribution in [0.1, 0.15) is 36.7 Å². The third kappa shape index (κ3) is 4.32. The van der Waals surface area contributed by atoms with E-state index in [0.29, 0.717) is 36.1 Å². The summed E-state index contributed by atoms with van der Waals surface area (Å²) in [4.78, 5) is 15.0. The molecule has 0 atom stereocenters. The molecule has 1 fully saturated rings. The lowest BCUT2D eigenvalue weighted by Crippen LogP contribution is -2.45. The van der Waals surface area contributed by atoms with Crippen molar-refractivity contribution in [1.29, 1.82) is 0 Å². The number of piperidine rings is 1. The highest BCUT2D eigenvalue weighted by Gasteiger charge is 2.33. The number of anilines is 1. The van der Waals surface area contributed by atoms with Gasteiger partial charge in [0.15, 0.2) is 0 Å². The van der Waals surface area contributed by atoms with Gasteiger partial charge in [-0.2, -0.15) is 5.10 Å². The summed E-state index contributed by atoms with van der Waals surface area (Å²) in [6.07, 6.45) is 1.90. The zero-order valence-corrected chi connectivity index (χ0v) is 18.7. The topological polar surface area (TPSA) is 75.5 Å². The van der Waals surface area contributed by atoms with Crippen molar-refractivity contribution in [1.82, 2.24) is 14.7 Å². The van der Waals surface area contributed by atoms with Gasteiger partial charge >= 0.3 is 0 Å². The first-order valence-corrected chi connectivity index (χ1v) is 11.4. The van der Waals surface area contributed by atoms with Crippen LogP contribution in [0.2, 0.25) is 0 Å². The second-order valence-electron chi connectivity index (χ2n) is 8.03. The van der Waals surface area contributed by atoms with Gasteiger partial charge in [0, 0.05) is 20.1 Å². The lowest BCUT2D eigenvalue weighted by Gasteiger charge is -2.32. The third-order valence-electron chi connectivity index (χ3n) is 5.73. The molecule has 1 aliphatic rings. The maximum absolute atomic E-state index is 13.6. The summed E-state index contributed by atoms with van der Waals surface area (Å²) < 4.78 is 30.1. The molecule has 1 saturated heterocycles. The molecule has 0 aliphatic carbocycles. The van der Waals surface area contributed by atoms with E-state index in [2.05, 4.69) is 12.0 Å². The minimum atomic E-state index is -3.95. The third-order valence-corrected chi connectivity index (χ3v) is 7.75. The van der Waals surface area contributed by atoms with E-state index in [4.69, 9.17) is 0 Å². The molecule has 1 aromatic carbocycles. The average Bonchev–Trinajstić information content (AvgIpc) is 2.93. The Morgan fingerprint density at radius 3 is 2.24 bits per heavy atom. The van der Waals surface area contributed by atoms with Gasteiger partial charge in [-0.25, -0.2) is 8.42 Å². The molecule has 1 aliphatic heterocycles. The maximum atomic E-state index is 13.6. The number of nitrogens with zero attached hydrogens (tertiary/aromatic N) is 4. The molecule has 1 aromatic heterocycles. The highest BCUT2D eigenvalue weighted by Crippen LogP contribution is 2.28. The minimum absolute atomic E-state index is 0.166. The first-order valence-electron chi connectivity index (χ1n) is 9.98. The fraction of sp³-hybridized carbons (Fsp3) is 0.524. The molecule has 0 radical (unpaired) electrons. The predicted molar refractivity (Wildman–Crippen MR) is 113 cm³/mol. The number of rotatable bonds is 5. The molecule has 158 valence electrons. The molecule has 0 unspecified atom stereocenters. The molecule has 3 rings (SSSR count). The number of hydrogen-bond donors (Lipinski definition) is 0. The van der Waals surface area contributed by atoms with Crippen molar-refractivity contribution in [2.75, 3.05) is 23.9 Å². The molecule has 7 nitrogen and oxygen atoms in total. The number of amides is 1. The van der Waals surface area contributed by atoms with Crippen LogP contribution in [0.4, 0.5) is 5.69 Å². The van der Waals surface area contributed by atoms with Gasteiger partial charge in [0.2, 0.25) is 5.91 Å². The van der Waals surface area contributed by atoms with E-state index in [1.54, 1.807) is 42.6 Å². The Balaban J connectivity index is 1.99. The molecule has 2 heterocycles. The minimum Gasteiger partial charge on any atom is -0.341 e. The van der Waals surface area contributed by atoms with Gasteiger partial charge in [0.25, 0.3) is 10.0 Å². The second-order valence-corrected chi connectivity index (χ2v) is 9.83. The van der Waals surface area contributed by atoms with E-state index in [-0.39, 0.29) is 17.3 Å². The lowest BCUT2D eigenvalue weighted by atomic mass is 9.99. The first kappa shape index (κ1) is 21.4. The smallest absolute Gasteiger partial charge is 0.268 e. The fourth-order valence-corrected chi connectivity index (χ4v) is 5.56. The summed E-state index contributed by atoms with van der Waals surface area (Å²) in [7, 11) is -2.23. The van der Waals surface area contributed by atoms with Crippen molar-refractivity contribution < 1.29 is 13.2 Å². The fourth-order valence-electron chi connectivity index (χ4n) is 3.74. The SMILES string of the molecule is Cc1ccc(N(CC(=O)N2CCC(C)CC2)S(=O)(=O)c2c(C)nn(C)c2C)cc1. The number of carbonyl (C=O) groups is 1. The molecule has 1 amide bonds. The van der Waals surface area contributed by atoms with Crippen molar-refractivity contribution >= 4 is 21.6 Å². The normalized spacial score (nSPS) is 15.6. The van der Waals surface area contributed by atoms with Crippen LogP contribution in [0.3, 0.4) is 0 Å². The molecule has 0 spiro atoms. The number of carbonyl (C=O) groups excluding carboxylic acids is 1. The molecule has 2 aromatic rings. The van der Waals surface area contributed by atoms with Gasteiger partial charge in [0.1, 0.15) is 11.4 Å². The van der Waals surface area contributed by atoms with E-state index >= 15 is 0 Å². The number of sulfonamides is 1. The quantitative estimate of drug-likeness (QED) is 0.748. The van der Waals surface area contributed by atoms with E-state index < -0.39 is 10.0 Å². The Hall–Kier alpha value is -2.35. The van der Waals surface area contributed by atoms with Crippen LogP contribution in [-0.2, 0) is 21.9 Å². The number of aryl methyl sites for hydroxylation is 3. The van der Waals surface area contributed by atoms with Crippen molar-refractivity contribution in [3.8, 4) is 0 Å². The van der Waals surface area contributed by atoms with Crippen LogP contribution in [0.25, 0.3) is 0 Å². The number of benzene rings is 1. The van der Waals surface area contributed by atoms with Crippen LogP contribution < -0.4 is 4.31 Å². The predicted octanol–water partition coefficient (Wildman–Crippen LogP) is 2.80. The Bertz CT molecular complexity index is 988. The van der Waals surface area contributed by atoms with Crippen LogP contribution in [0.5, 0.6) is 0 Å². The largest absolute Gasteiger partial charge is 0.341 e. The van der Waals surface area contributed by atoms with E-state index in [9.17, 15) is 13.2 Å². The lowest BCUT2D eigenvalue weighted by molar-refractivity contribution is -0.130. The van der Waals surface area contributed by atoms with Gasteiger partial charge < -0.3 is 4.90 Å². The van der Waals surface area contributed by atoms with Crippen molar-refractivity contribution in [2.24, 2.45) is 13.0 Å². The van der Waals surface area contributed by atoms with Crippen molar-refractivity contribution in [2.45, 2.75) is 45.4 Å². The van der Waals surface area contributed by atoms with Crippen LogP contribution >= 0.6 is 0 Å². The highest BCUT2D eigenvalue weighted by atomic mass is 32.2. The summed E-state index contributed by atoms with van der Waals surface area (Å²) in [5.41, 5.74) is 2.49. The highest BCUT2D eigenvalue weighted by molar-refractivity contribution is 7.93. The van der Waals surface area contributed by atoms with Gasteiger partial charge in [-0.3, -0.25) is 13.8 Å². The zero-order valence-electron chi connectivity index (χ0n) is 17.8. The number of hydrogen-bond acceptors (Lipinski definition) is 4. The Morgan fingerprint density at radius 1 is 1.14 bits per heavy atom. The molecular formula is C21H30N4O3S. The van der Waals surface area contributed by atoms with E-state index in [1.807, 2.05) is 19.1 Å². The standard InChI is InChI=1S/C21H30N4O3S/c1-15-6-8-19(9-7-15)25(14-20(26)24-12-10-16(2)11-13-24)29(27,28)21-17(3)22-23(5)18(21)4/h6-9,16H,10-14H2,1-5H3. The first-order chi connectivity index (χ1) is 13.6. The summed E-state index contributed by atoms with van der Waals surface area (Å²) in [5.74, 6) is 0.428. The van der Waals surface area contributed by atoms with Crippen LogP contribution in [-0.4, -0.2) is 48.6 Å². The van der Waals surface area contributed by atoms with Crippen LogP contribution in [0, 0.1) is 26.7 Å². The van der Waals surface area contributed by atoms with E-state index in [1.165, 1.54) is 4.31 Å². The molecule has 0 saturated carbocycles. The summed E-state index contributed by atoms with van der Waals surface area (Å²) in [6, 6.07) is 7.21. The van der Waals surface area contributed by atoms with Crippen molar-refractivity contribution in [3.05, 3.63) is 41.2 Å². The Labute approximate surface area is 173 Å². The molecule has 8 heteroatoms. The number of likely N-dealkylation sites (tertiary alicyclic amines) is 1. The summed E-state index contributed by atoms with van der Waals surface area (Å²) in [6.45, 7) is 8.67. The zero-order chi connectivity index (χ0) is 21.3. The molecule has 0 N–H and O–H groups in total.